The maximum absolute atomic E-state index is 10.8. The van der Waals surface area contributed by atoms with Crippen LogP contribution in [0.4, 0.5) is 0 Å². The van der Waals surface area contributed by atoms with Gasteiger partial charge in [-0.3, -0.25) is 0 Å². The zero-order valence-corrected chi connectivity index (χ0v) is 11.4. The Labute approximate surface area is 109 Å². The number of carbonyl (C=O) groups is 2. The lowest BCUT2D eigenvalue weighted by molar-refractivity contribution is -0.142. The topological polar surface area (TPSA) is 63.6 Å². The number of aliphatic carboxylic acids is 1. The Balaban J connectivity index is 0. The molecule has 1 atom stereocenters. The second kappa shape index (κ2) is 13.5. The van der Waals surface area contributed by atoms with E-state index < -0.39 is 5.97 Å². The Morgan fingerprint density at radius 1 is 1.22 bits per heavy atom. The molecular weight excluding hydrogens is 232 g/mol. The molecule has 4 heteroatoms. The molecular formula is C14H24O4. The van der Waals surface area contributed by atoms with Gasteiger partial charge in [-0.05, 0) is 19.8 Å². The van der Waals surface area contributed by atoms with E-state index in [0.29, 0.717) is 0 Å². The third-order valence-corrected chi connectivity index (χ3v) is 2.12. The summed E-state index contributed by atoms with van der Waals surface area (Å²) in [6.45, 7) is 10.4. The van der Waals surface area contributed by atoms with Crippen molar-refractivity contribution >= 4 is 11.9 Å². The molecule has 0 rings (SSSR count). The summed E-state index contributed by atoms with van der Waals surface area (Å²) in [5, 5.41) is 7.60. The Morgan fingerprint density at radius 2 is 1.78 bits per heavy atom. The van der Waals surface area contributed by atoms with Crippen LogP contribution in [0.15, 0.2) is 25.3 Å². The van der Waals surface area contributed by atoms with E-state index in [0.717, 1.165) is 18.9 Å². The minimum absolute atomic E-state index is 0.0300. The monoisotopic (exact) mass is 256 g/mol. The lowest BCUT2D eigenvalue weighted by Gasteiger charge is -2.10. The van der Waals surface area contributed by atoms with Gasteiger partial charge in [0, 0.05) is 12.2 Å². The molecule has 0 aliphatic heterocycles. The number of unbranched alkanes of at least 4 members (excludes halogenated alkanes) is 3. The van der Waals surface area contributed by atoms with Gasteiger partial charge in [-0.15, -0.1) is 0 Å². The SMILES string of the molecule is C=CC(=O)O.C=CC(=O)OC(C)CCCCCC. The van der Waals surface area contributed by atoms with E-state index in [9.17, 15) is 9.59 Å². The van der Waals surface area contributed by atoms with Crippen molar-refractivity contribution in [3.05, 3.63) is 25.3 Å². The van der Waals surface area contributed by atoms with Crippen molar-refractivity contribution in [1.29, 1.82) is 0 Å². The predicted molar refractivity (Wildman–Crippen MR) is 72.3 cm³/mol. The van der Waals surface area contributed by atoms with Crippen LogP contribution >= 0.6 is 0 Å². The quantitative estimate of drug-likeness (QED) is 0.411. The number of hydrogen-bond acceptors (Lipinski definition) is 3. The highest BCUT2D eigenvalue weighted by atomic mass is 16.5. The number of esters is 1. The van der Waals surface area contributed by atoms with Crippen molar-refractivity contribution < 1.29 is 19.4 Å². The highest BCUT2D eigenvalue weighted by Crippen LogP contribution is 2.07. The number of carboxylic acids is 1. The Morgan fingerprint density at radius 3 is 2.17 bits per heavy atom. The van der Waals surface area contributed by atoms with E-state index in [2.05, 4.69) is 20.1 Å². The van der Waals surface area contributed by atoms with E-state index >= 15 is 0 Å². The Bertz CT molecular complexity index is 259. The molecule has 104 valence electrons. The second-order valence-electron chi connectivity index (χ2n) is 3.84. The fraction of sp³-hybridized carbons (Fsp3) is 0.571. The molecule has 0 amide bonds. The molecule has 0 spiro atoms. The number of carboxylic acid groups (broad SMARTS) is 1. The van der Waals surface area contributed by atoms with Crippen molar-refractivity contribution in [3.63, 3.8) is 0 Å². The fourth-order valence-corrected chi connectivity index (χ4v) is 1.16. The maximum atomic E-state index is 10.8. The minimum atomic E-state index is -0.981. The molecule has 4 nitrogen and oxygen atoms in total. The molecule has 0 aromatic rings. The zero-order valence-electron chi connectivity index (χ0n) is 11.4. The molecule has 0 aliphatic rings. The van der Waals surface area contributed by atoms with Crippen molar-refractivity contribution in [2.75, 3.05) is 0 Å². The van der Waals surface area contributed by atoms with E-state index in [1.54, 1.807) is 0 Å². The van der Waals surface area contributed by atoms with Crippen LogP contribution in [0.2, 0.25) is 0 Å². The van der Waals surface area contributed by atoms with E-state index in [-0.39, 0.29) is 12.1 Å². The van der Waals surface area contributed by atoms with Crippen LogP contribution in [-0.2, 0) is 14.3 Å². The molecule has 1 N–H and O–H groups in total. The van der Waals surface area contributed by atoms with Gasteiger partial charge in [0.05, 0.1) is 6.10 Å². The first-order chi connectivity index (χ1) is 8.47. The molecule has 0 saturated carbocycles. The summed E-state index contributed by atoms with van der Waals surface area (Å²) >= 11 is 0. The standard InChI is InChI=1S/C11H20O2.C3H4O2/c1-4-6-7-8-9-10(3)13-11(12)5-2;1-2-3(4)5/h5,10H,2,4,6-9H2,1,3H3;2H,1H2,(H,4,5). The first-order valence-electron chi connectivity index (χ1n) is 6.16. The lowest BCUT2D eigenvalue weighted by Crippen LogP contribution is -2.12. The van der Waals surface area contributed by atoms with Crippen LogP contribution in [-0.4, -0.2) is 23.1 Å². The number of rotatable bonds is 8. The smallest absolute Gasteiger partial charge is 0.330 e. The third-order valence-electron chi connectivity index (χ3n) is 2.12. The van der Waals surface area contributed by atoms with Crippen LogP contribution in [0.3, 0.4) is 0 Å². The van der Waals surface area contributed by atoms with Crippen LogP contribution in [0.25, 0.3) is 0 Å². The van der Waals surface area contributed by atoms with Crippen LogP contribution < -0.4 is 0 Å². The molecule has 0 saturated heterocycles. The fourth-order valence-electron chi connectivity index (χ4n) is 1.16. The van der Waals surface area contributed by atoms with Gasteiger partial charge in [0.2, 0.25) is 0 Å². The van der Waals surface area contributed by atoms with Crippen LogP contribution in [0.1, 0.15) is 46.0 Å². The molecule has 0 heterocycles. The second-order valence-corrected chi connectivity index (χ2v) is 3.84. The summed E-state index contributed by atoms with van der Waals surface area (Å²) in [7, 11) is 0. The van der Waals surface area contributed by atoms with Crippen molar-refractivity contribution in [3.8, 4) is 0 Å². The largest absolute Gasteiger partial charge is 0.478 e. The summed E-state index contributed by atoms with van der Waals surface area (Å²) in [6.07, 6.45) is 7.90. The van der Waals surface area contributed by atoms with E-state index in [4.69, 9.17) is 9.84 Å². The van der Waals surface area contributed by atoms with Crippen molar-refractivity contribution in [2.45, 2.75) is 52.1 Å². The minimum Gasteiger partial charge on any atom is -0.478 e. The number of hydrogen-bond donors (Lipinski definition) is 1. The third kappa shape index (κ3) is 16.8. The van der Waals surface area contributed by atoms with Gasteiger partial charge in [0.1, 0.15) is 0 Å². The average Bonchev–Trinajstić information content (AvgIpc) is 2.35. The first-order valence-corrected chi connectivity index (χ1v) is 6.16. The molecule has 1 unspecified atom stereocenters. The average molecular weight is 256 g/mol. The number of ether oxygens (including phenoxy) is 1. The van der Waals surface area contributed by atoms with Crippen LogP contribution in [0.5, 0.6) is 0 Å². The molecule has 0 radical (unpaired) electrons. The van der Waals surface area contributed by atoms with Gasteiger partial charge >= 0.3 is 11.9 Å². The van der Waals surface area contributed by atoms with Gasteiger partial charge in [0.25, 0.3) is 0 Å². The highest BCUT2D eigenvalue weighted by molar-refractivity contribution is 5.81. The van der Waals surface area contributed by atoms with Crippen molar-refractivity contribution in [2.24, 2.45) is 0 Å². The summed E-state index contributed by atoms with van der Waals surface area (Å²) in [5.74, 6) is -1.30. The van der Waals surface area contributed by atoms with Gasteiger partial charge in [0.15, 0.2) is 0 Å². The Hall–Kier alpha value is -1.58. The van der Waals surface area contributed by atoms with Crippen LogP contribution in [0, 0.1) is 0 Å². The summed E-state index contributed by atoms with van der Waals surface area (Å²) < 4.78 is 5.02. The molecule has 18 heavy (non-hydrogen) atoms. The number of carbonyl (C=O) groups excluding carboxylic acids is 1. The lowest BCUT2D eigenvalue weighted by atomic mass is 10.1. The summed E-state index contributed by atoms with van der Waals surface area (Å²) in [4.78, 5) is 20.0. The van der Waals surface area contributed by atoms with E-state index in [1.807, 2.05) is 6.92 Å². The van der Waals surface area contributed by atoms with Crippen molar-refractivity contribution in [1.82, 2.24) is 0 Å². The van der Waals surface area contributed by atoms with Gasteiger partial charge < -0.3 is 9.84 Å². The molecule has 0 fully saturated rings. The first kappa shape index (κ1) is 18.8. The molecule has 0 aliphatic carbocycles. The summed E-state index contributed by atoms with van der Waals surface area (Å²) in [5.41, 5.74) is 0. The Kier molecular flexibility index (Phi) is 14.1. The predicted octanol–water partition coefficient (Wildman–Crippen LogP) is 3.33. The van der Waals surface area contributed by atoms with E-state index in [1.165, 1.54) is 25.3 Å². The van der Waals surface area contributed by atoms with Gasteiger partial charge in [-0.2, -0.15) is 0 Å². The van der Waals surface area contributed by atoms with Gasteiger partial charge in [-0.1, -0.05) is 39.3 Å². The molecule has 0 bridgehead atoms. The highest BCUT2D eigenvalue weighted by Gasteiger charge is 2.04. The van der Waals surface area contributed by atoms with Gasteiger partial charge in [-0.25, -0.2) is 9.59 Å². The zero-order chi connectivity index (χ0) is 14.4. The summed E-state index contributed by atoms with van der Waals surface area (Å²) in [6, 6.07) is 0. The molecule has 0 aromatic heterocycles. The normalized spacial score (nSPS) is 10.6. The molecule has 0 aromatic carbocycles. The maximum Gasteiger partial charge on any atom is 0.330 e.